The van der Waals surface area contributed by atoms with Crippen molar-refractivity contribution in [3.63, 3.8) is 0 Å². The lowest BCUT2D eigenvalue weighted by molar-refractivity contribution is -0.131. The van der Waals surface area contributed by atoms with E-state index in [1.807, 2.05) is 0 Å². The van der Waals surface area contributed by atoms with Crippen LogP contribution in [-0.4, -0.2) is 60.2 Å². The number of rotatable bonds is 2. The first-order valence-electron chi connectivity index (χ1n) is 7.22. The Hall–Kier alpha value is -1.44. The lowest BCUT2D eigenvalue weighted by Gasteiger charge is -2.22. The molecule has 0 bridgehead atoms. The SMILES string of the molecule is Cl.O=C(CN1C(=O)c2ccc(Br)cc2C1=O)N1CCCNCC1. The van der Waals surface area contributed by atoms with Crippen molar-refractivity contribution in [1.29, 1.82) is 0 Å². The summed E-state index contributed by atoms with van der Waals surface area (Å²) in [6.07, 6.45) is 0.876. The van der Waals surface area contributed by atoms with Crippen molar-refractivity contribution in [2.24, 2.45) is 0 Å². The fourth-order valence-electron chi connectivity index (χ4n) is 2.74. The van der Waals surface area contributed by atoms with Crippen LogP contribution in [0.1, 0.15) is 27.1 Å². The molecular formula is C15H17BrClN3O3. The highest BCUT2D eigenvalue weighted by atomic mass is 79.9. The zero-order valence-corrected chi connectivity index (χ0v) is 14.8. The van der Waals surface area contributed by atoms with Crippen molar-refractivity contribution in [3.05, 3.63) is 33.8 Å². The topological polar surface area (TPSA) is 69.7 Å². The van der Waals surface area contributed by atoms with Crippen LogP contribution in [0, 0.1) is 0 Å². The summed E-state index contributed by atoms with van der Waals surface area (Å²) in [6.45, 7) is 2.68. The van der Waals surface area contributed by atoms with Crippen molar-refractivity contribution in [2.75, 3.05) is 32.7 Å². The van der Waals surface area contributed by atoms with E-state index in [9.17, 15) is 14.4 Å². The number of carbonyl (C=O) groups is 3. The van der Waals surface area contributed by atoms with Crippen LogP contribution in [0.2, 0.25) is 0 Å². The lowest BCUT2D eigenvalue weighted by atomic mass is 10.1. The molecule has 1 N–H and O–H groups in total. The molecule has 3 amide bonds. The van der Waals surface area contributed by atoms with Crippen LogP contribution in [0.5, 0.6) is 0 Å². The molecular weight excluding hydrogens is 386 g/mol. The first kappa shape index (κ1) is 17.9. The van der Waals surface area contributed by atoms with E-state index in [4.69, 9.17) is 0 Å². The van der Waals surface area contributed by atoms with Gasteiger partial charge in [0, 0.05) is 24.1 Å². The Labute approximate surface area is 148 Å². The van der Waals surface area contributed by atoms with Crippen molar-refractivity contribution in [2.45, 2.75) is 6.42 Å². The smallest absolute Gasteiger partial charge is 0.262 e. The number of benzene rings is 1. The number of hydrogen-bond acceptors (Lipinski definition) is 4. The van der Waals surface area contributed by atoms with Gasteiger partial charge in [-0.3, -0.25) is 19.3 Å². The Balaban J connectivity index is 0.00000192. The second-order valence-electron chi connectivity index (χ2n) is 5.37. The molecule has 2 heterocycles. The minimum absolute atomic E-state index is 0. The molecule has 0 aliphatic carbocycles. The van der Waals surface area contributed by atoms with Gasteiger partial charge in [-0.1, -0.05) is 15.9 Å². The van der Waals surface area contributed by atoms with Gasteiger partial charge in [0.2, 0.25) is 5.91 Å². The van der Waals surface area contributed by atoms with E-state index in [0.717, 1.165) is 28.9 Å². The minimum Gasteiger partial charge on any atom is -0.340 e. The molecule has 0 radical (unpaired) electrons. The zero-order valence-electron chi connectivity index (χ0n) is 12.4. The summed E-state index contributed by atoms with van der Waals surface area (Å²) in [7, 11) is 0. The summed E-state index contributed by atoms with van der Waals surface area (Å²) in [4.78, 5) is 39.8. The van der Waals surface area contributed by atoms with Crippen LogP contribution < -0.4 is 5.32 Å². The Bertz CT molecular complexity index is 645. The number of amides is 3. The predicted molar refractivity (Wildman–Crippen MR) is 90.8 cm³/mol. The fraction of sp³-hybridized carbons (Fsp3) is 0.400. The van der Waals surface area contributed by atoms with Crippen molar-refractivity contribution >= 4 is 46.1 Å². The van der Waals surface area contributed by atoms with Gasteiger partial charge in [-0.2, -0.15) is 0 Å². The Morgan fingerprint density at radius 1 is 1.13 bits per heavy atom. The largest absolute Gasteiger partial charge is 0.340 e. The van der Waals surface area contributed by atoms with Crippen LogP contribution in [0.25, 0.3) is 0 Å². The van der Waals surface area contributed by atoms with E-state index in [0.29, 0.717) is 24.2 Å². The van der Waals surface area contributed by atoms with Gasteiger partial charge in [-0.25, -0.2) is 0 Å². The van der Waals surface area contributed by atoms with E-state index >= 15 is 0 Å². The third-order valence-electron chi connectivity index (χ3n) is 3.92. The minimum atomic E-state index is -0.400. The summed E-state index contributed by atoms with van der Waals surface area (Å²) >= 11 is 3.29. The summed E-state index contributed by atoms with van der Waals surface area (Å²) in [5.41, 5.74) is 0.711. The molecule has 1 saturated heterocycles. The molecule has 1 fully saturated rings. The molecule has 8 heteroatoms. The Morgan fingerprint density at radius 3 is 2.65 bits per heavy atom. The highest BCUT2D eigenvalue weighted by Gasteiger charge is 2.37. The number of fused-ring (bicyclic) bond motifs is 1. The molecule has 0 unspecified atom stereocenters. The van der Waals surface area contributed by atoms with E-state index in [-0.39, 0.29) is 24.9 Å². The van der Waals surface area contributed by atoms with Crippen LogP contribution in [-0.2, 0) is 4.79 Å². The predicted octanol–water partition coefficient (Wildman–Crippen LogP) is 1.29. The van der Waals surface area contributed by atoms with Crippen LogP contribution >= 0.6 is 28.3 Å². The van der Waals surface area contributed by atoms with Crippen LogP contribution in [0.4, 0.5) is 0 Å². The van der Waals surface area contributed by atoms with E-state index in [1.54, 1.807) is 23.1 Å². The fourth-order valence-corrected chi connectivity index (χ4v) is 3.10. The van der Waals surface area contributed by atoms with Gasteiger partial charge in [0.05, 0.1) is 11.1 Å². The normalized spacial score (nSPS) is 17.6. The zero-order chi connectivity index (χ0) is 15.7. The Morgan fingerprint density at radius 2 is 1.87 bits per heavy atom. The summed E-state index contributed by atoms with van der Waals surface area (Å²) in [5, 5.41) is 3.22. The second-order valence-corrected chi connectivity index (χ2v) is 6.29. The first-order chi connectivity index (χ1) is 10.6. The third kappa shape index (κ3) is 3.57. The second kappa shape index (κ2) is 7.42. The highest BCUT2D eigenvalue weighted by Crippen LogP contribution is 2.25. The molecule has 23 heavy (non-hydrogen) atoms. The maximum atomic E-state index is 12.4. The Kier molecular flexibility index (Phi) is 5.78. The van der Waals surface area contributed by atoms with Crippen molar-refractivity contribution < 1.29 is 14.4 Å². The summed E-state index contributed by atoms with van der Waals surface area (Å²) < 4.78 is 0.735. The molecule has 1 aromatic carbocycles. The van der Waals surface area contributed by atoms with E-state index in [1.165, 1.54) is 0 Å². The molecule has 2 aliphatic heterocycles. The number of nitrogens with one attached hydrogen (secondary N) is 1. The lowest BCUT2D eigenvalue weighted by Crippen LogP contribution is -2.43. The number of nitrogens with zero attached hydrogens (tertiary/aromatic N) is 2. The highest BCUT2D eigenvalue weighted by molar-refractivity contribution is 9.10. The quantitative estimate of drug-likeness (QED) is 0.757. The third-order valence-corrected chi connectivity index (χ3v) is 4.41. The molecule has 0 atom stereocenters. The average Bonchev–Trinajstić information content (AvgIpc) is 2.72. The summed E-state index contributed by atoms with van der Waals surface area (Å²) in [6, 6.07) is 4.95. The van der Waals surface area contributed by atoms with Crippen LogP contribution in [0.3, 0.4) is 0 Å². The number of halogens is 2. The van der Waals surface area contributed by atoms with Crippen LogP contribution in [0.15, 0.2) is 22.7 Å². The van der Waals surface area contributed by atoms with Gasteiger partial charge >= 0.3 is 0 Å². The van der Waals surface area contributed by atoms with E-state index in [2.05, 4.69) is 21.2 Å². The molecule has 0 saturated carbocycles. The monoisotopic (exact) mass is 401 g/mol. The van der Waals surface area contributed by atoms with Gasteiger partial charge in [0.25, 0.3) is 11.8 Å². The van der Waals surface area contributed by atoms with Crippen molar-refractivity contribution in [3.8, 4) is 0 Å². The molecule has 3 rings (SSSR count). The summed E-state index contributed by atoms with van der Waals surface area (Å²) in [5.74, 6) is -0.978. The molecule has 0 spiro atoms. The van der Waals surface area contributed by atoms with Gasteiger partial charge in [0.15, 0.2) is 0 Å². The first-order valence-corrected chi connectivity index (χ1v) is 8.01. The van der Waals surface area contributed by atoms with Gasteiger partial charge in [-0.05, 0) is 31.2 Å². The number of hydrogen-bond donors (Lipinski definition) is 1. The molecule has 2 aliphatic rings. The molecule has 124 valence electrons. The van der Waals surface area contributed by atoms with Gasteiger partial charge < -0.3 is 10.2 Å². The number of carbonyl (C=O) groups excluding carboxylic acids is 3. The average molecular weight is 403 g/mol. The number of imide groups is 1. The molecule has 6 nitrogen and oxygen atoms in total. The maximum Gasteiger partial charge on any atom is 0.262 e. The molecule has 0 aromatic heterocycles. The molecule has 1 aromatic rings. The van der Waals surface area contributed by atoms with Crippen molar-refractivity contribution in [1.82, 2.24) is 15.1 Å². The van der Waals surface area contributed by atoms with E-state index < -0.39 is 11.8 Å². The van der Waals surface area contributed by atoms with Gasteiger partial charge in [0.1, 0.15) is 6.54 Å². The standard InChI is InChI=1S/C15H16BrN3O3.ClH/c16-10-2-3-11-12(8-10)15(22)19(14(11)21)9-13(20)18-6-1-4-17-5-7-18;/h2-3,8,17H,1,4-7,9H2;1H. The maximum absolute atomic E-state index is 12.4. The van der Waals surface area contributed by atoms with Gasteiger partial charge in [-0.15, -0.1) is 12.4 Å².